The molecule has 1 nitrogen and oxygen atoms in total. The first-order valence-electron chi connectivity index (χ1n) is 1.61. The molecule has 5 heavy (non-hydrogen) atoms. The largest absolute Gasteiger partial charge is 0.234 e. The fourth-order valence-corrected chi connectivity index (χ4v) is 0.0833. The molecule has 0 unspecified atom stereocenters. The molecular formula is C4H6O. The van der Waals surface area contributed by atoms with Crippen molar-refractivity contribution in [2.45, 2.75) is 13.3 Å². The van der Waals surface area contributed by atoms with Crippen LogP contribution in [-0.2, 0) is 4.79 Å². The molecular weight excluding hydrogens is 64.0 g/mol. The molecule has 0 aliphatic carbocycles. The number of carbonyl (C=O) groups excluding carboxylic acids is 1. The van der Waals surface area contributed by atoms with Gasteiger partial charge in [-0.1, -0.05) is 6.92 Å². The van der Waals surface area contributed by atoms with E-state index in [-0.39, 0.29) is 0 Å². The molecule has 0 heterocycles. The van der Waals surface area contributed by atoms with Gasteiger partial charge in [-0.15, -0.1) is 0 Å². The molecule has 0 spiro atoms. The second kappa shape index (κ2) is 3.45. The van der Waals surface area contributed by atoms with Crippen LogP contribution in [0.25, 0.3) is 0 Å². The molecule has 0 radical (unpaired) electrons. The quantitative estimate of drug-likeness (QED) is 0.417. The van der Waals surface area contributed by atoms with Gasteiger partial charge in [0.1, 0.15) is 5.94 Å². The van der Waals surface area contributed by atoms with E-state index in [1.54, 1.807) is 5.94 Å². The lowest BCUT2D eigenvalue weighted by atomic mass is 10.5. The Morgan fingerprint density at radius 2 is 2.60 bits per heavy atom. The molecule has 0 fully saturated rings. The summed E-state index contributed by atoms with van der Waals surface area (Å²) in [5.74, 6) is 1.64. The molecule has 0 N–H and O–H groups in total. The van der Waals surface area contributed by atoms with Crippen molar-refractivity contribution in [2.75, 3.05) is 0 Å². The van der Waals surface area contributed by atoms with E-state index < -0.39 is 0 Å². The number of allylic oxidation sites excluding steroid dienone is 1. The topological polar surface area (TPSA) is 17.1 Å². The Hall–Kier alpha value is -0.550. The van der Waals surface area contributed by atoms with Crippen LogP contribution in [-0.4, -0.2) is 5.94 Å². The van der Waals surface area contributed by atoms with E-state index in [0.717, 1.165) is 6.42 Å². The standard InChI is InChI=1S/C4H6O/c1-2-3-4-5/h3H,2H2,1H3. The van der Waals surface area contributed by atoms with Crippen LogP contribution in [0.2, 0.25) is 0 Å². The summed E-state index contributed by atoms with van der Waals surface area (Å²) < 4.78 is 0. The molecule has 0 rings (SSSR count). The lowest BCUT2D eigenvalue weighted by Crippen LogP contribution is -1.47. The Balaban J connectivity index is 2.93. The van der Waals surface area contributed by atoms with Crippen LogP contribution < -0.4 is 0 Å². The van der Waals surface area contributed by atoms with Gasteiger partial charge in [0.05, 0.1) is 0 Å². The van der Waals surface area contributed by atoms with Gasteiger partial charge >= 0.3 is 0 Å². The Labute approximate surface area is 31.3 Å². The van der Waals surface area contributed by atoms with Crippen LogP contribution in [0.1, 0.15) is 13.3 Å². The summed E-state index contributed by atoms with van der Waals surface area (Å²) in [6.45, 7) is 1.89. The maximum atomic E-state index is 9.22. The van der Waals surface area contributed by atoms with E-state index in [1.165, 1.54) is 6.08 Å². The second-order valence-electron chi connectivity index (χ2n) is 0.730. The van der Waals surface area contributed by atoms with Crippen molar-refractivity contribution in [3.8, 4) is 0 Å². The average Bonchev–Trinajstić information content (AvgIpc) is 1.41. The third-order valence-electron chi connectivity index (χ3n) is 0.287. The van der Waals surface area contributed by atoms with Gasteiger partial charge in [-0.3, -0.25) is 0 Å². The van der Waals surface area contributed by atoms with Gasteiger partial charge < -0.3 is 0 Å². The highest BCUT2D eigenvalue weighted by atomic mass is 16.1. The van der Waals surface area contributed by atoms with E-state index in [2.05, 4.69) is 0 Å². The van der Waals surface area contributed by atoms with E-state index in [0.29, 0.717) is 0 Å². The van der Waals surface area contributed by atoms with Crippen molar-refractivity contribution in [2.24, 2.45) is 0 Å². The highest BCUT2D eigenvalue weighted by Crippen LogP contribution is 1.65. The predicted octanol–water partition coefficient (Wildman–Crippen LogP) is 0.784. The third-order valence-corrected chi connectivity index (χ3v) is 0.287. The molecule has 28 valence electrons. The molecule has 0 bridgehead atoms. The summed E-state index contributed by atoms with van der Waals surface area (Å²) in [6.07, 6.45) is 2.24. The molecule has 0 amide bonds. The van der Waals surface area contributed by atoms with E-state index in [1.807, 2.05) is 6.92 Å². The SMILES string of the molecule is CCC=C=O. The lowest BCUT2D eigenvalue weighted by Gasteiger charge is -1.55. The van der Waals surface area contributed by atoms with Crippen molar-refractivity contribution >= 4 is 5.94 Å². The van der Waals surface area contributed by atoms with Gasteiger partial charge in [0.2, 0.25) is 0 Å². The van der Waals surface area contributed by atoms with Gasteiger partial charge in [0.15, 0.2) is 0 Å². The summed E-state index contributed by atoms with van der Waals surface area (Å²) >= 11 is 0. The summed E-state index contributed by atoms with van der Waals surface area (Å²) in [7, 11) is 0. The maximum absolute atomic E-state index is 9.22. The summed E-state index contributed by atoms with van der Waals surface area (Å²) in [5.41, 5.74) is 0. The first kappa shape index (κ1) is 4.45. The lowest BCUT2D eigenvalue weighted by molar-refractivity contribution is 0.568. The molecule has 1 heteroatoms. The van der Waals surface area contributed by atoms with Crippen LogP contribution in [0.3, 0.4) is 0 Å². The second-order valence-corrected chi connectivity index (χ2v) is 0.730. The molecule has 0 aliphatic rings. The fourth-order valence-electron chi connectivity index (χ4n) is 0.0833. The molecule has 0 aromatic rings. The molecule has 0 aliphatic heterocycles. The van der Waals surface area contributed by atoms with Crippen molar-refractivity contribution in [1.82, 2.24) is 0 Å². The zero-order valence-corrected chi connectivity index (χ0v) is 3.19. The van der Waals surface area contributed by atoms with Crippen LogP contribution in [0.5, 0.6) is 0 Å². The van der Waals surface area contributed by atoms with Crippen molar-refractivity contribution in [3.05, 3.63) is 6.08 Å². The number of rotatable bonds is 1. The van der Waals surface area contributed by atoms with E-state index in [4.69, 9.17) is 0 Å². The van der Waals surface area contributed by atoms with Crippen molar-refractivity contribution < 1.29 is 4.79 Å². The highest BCUT2D eigenvalue weighted by Gasteiger charge is 1.53. The maximum Gasteiger partial charge on any atom is 0.120 e. The van der Waals surface area contributed by atoms with Gasteiger partial charge in [-0.25, -0.2) is 4.79 Å². The minimum absolute atomic E-state index is 0.795. The van der Waals surface area contributed by atoms with Crippen LogP contribution in [0.15, 0.2) is 6.08 Å². The number of hydrogen-bond acceptors (Lipinski definition) is 1. The third kappa shape index (κ3) is 3.45. The smallest absolute Gasteiger partial charge is 0.120 e. The molecule has 0 atom stereocenters. The normalized spacial score (nSPS) is 5.80. The molecule has 0 saturated carbocycles. The Morgan fingerprint density at radius 1 is 2.00 bits per heavy atom. The summed E-state index contributed by atoms with van der Waals surface area (Å²) in [6, 6.07) is 0. The Bertz CT molecular complexity index is 50.7. The summed E-state index contributed by atoms with van der Waals surface area (Å²) in [5, 5.41) is 0. The van der Waals surface area contributed by atoms with Crippen molar-refractivity contribution in [3.63, 3.8) is 0 Å². The first-order chi connectivity index (χ1) is 2.41. The van der Waals surface area contributed by atoms with E-state index in [9.17, 15) is 4.79 Å². The van der Waals surface area contributed by atoms with Gasteiger partial charge in [-0.05, 0) is 12.5 Å². The van der Waals surface area contributed by atoms with Gasteiger partial charge in [0.25, 0.3) is 0 Å². The van der Waals surface area contributed by atoms with Gasteiger partial charge in [0, 0.05) is 0 Å². The monoisotopic (exact) mass is 70.0 g/mol. The van der Waals surface area contributed by atoms with Crippen LogP contribution in [0, 0.1) is 0 Å². The number of hydrogen-bond donors (Lipinski definition) is 0. The van der Waals surface area contributed by atoms with E-state index >= 15 is 0 Å². The Kier molecular flexibility index (Phi) is 3.07. The average molecular weight is 70.1 g/mol. The fraction of sp³-hybridized carbons (Fsp3) is 0.500. The minimum Gasteiger partial charge on any atom is -0.234 e. The summed E-state index contributed by atoms with van der Waals surface area (Å²) in [4.78, 5) is 9.22. The van der Waals surface area contributed by atoms with Crippen molar-refractivity contribution in [1.29, 1.82) is 0 Å². The van der Waals surface area contributed by atoms with Crippen LogP contribution >= 0.6 is 0 Å². The van der Waals surface area contributed by atoms with Gasteiger partial charge in [-0.2, -0.15) is 0 Å². The first-order valence-corrected chi connectivity index (χ1v) is 1.61. The minimum atomic E-state index is 0.795. The Morgan fingerprint density at radius 3 is 2.60 bits per heavy atom. The predicted molar refractivity (Wildman–Crippen MR) is 20.6 cm³/mol. The zero-order chi connectivity index (χ0) is 4.12. The van der Waals surface area contributed by atoms with Crippen LogP contribution in [0.4, 0.5) is 0 Å². The molecule has 0 aromatic carbocycles. The zero-order valence-electron chi connectivity index (χ0n) is 3.19. The molecule has 0 aromatic heterocycles. The molecule has 0 saturated heterocycles. The highest BCUT2D eigenvalue weighted by molar-refractivity contribution is 5.44.